The maximum atomic E-state index is 12.1. The van der Waals surface area contributed by atoms with Crippen LogP contribution in [0.3, 0.4) is 0 Å². The van der Waals surface area contributed by atoms with Crippen molar-refractivity contribution in [1.29, 1.82) is 0 Å². The number of nitrogens with one attached hydrogen (secondary N) is 4. The van der Waals surface area contributed by atoms with Gasteiger partial charge >= 0.3 is 6.09 Å². The van der Waals surface area contributed by atoms with E-state index < -0.39 is 12.1 Å². The molecule has 3 amide bonds. The average molecular weight is 314 g/mol. The predicted molar refractivity (Wildman–Crippen MR) is 81.5 cm³/mol. The minimum absolute atomic E-state index is 0.0198. The highest BCUT2D eigenvalue weighted by Gasteiger charge is 2.27. The van der Waals surface area contributed by atoms with Crippen LogP contribution in [0.15, 0.2) is 0 Å². The van der Waals surface area contributed by atoms with Gasteiger partial charge < -0.3 is 26.4 Å². The van der Waals surface area contributed by atoms with Crippen molar-refractivity contribution in [3.8, 4) is 0 Å². The zero-order valence-corrected chi connectivity index (χ0v) is 13.1. The normalized spacial score (nSPS) is 18.8. The number of carboxylic acid groups (broad SMARTS) is 1. The fraction of sp³-hybridized carbons (Fsp3) is 0.786. The fourth-order valence-electron chi connectivity index (χ4n) is 2.34. The molecule has 8 nitrogen and oxygen atoms in total. The monoisotopic (exact) mass is 314 g/mol. The Morgan fingerprint density at radius 3 is 2.55 bits per heavy atom. The molecule has 5 N–H and O–H groups in total. The van der Waals surface area contributed by atoms with Gasteiger partial charge in [0.15, 0.2) is 0 Å². The van der Waals surface area contributed by atoms with Crippen molar-refractivity contribution >= 4 is 17.9 Å². The van der Waals surface area contributed by atoms with Crippen LogP contribution in [0.2, 0.25) is 0 Å². The third kappa shape index (κ3) is 6.75. The van der Waals surface area contributed by atoms with Crippen LogP contribution in [0.1, 0.15) is 39.5 Å². The van der Waals surface area contributed by atoms with Crippen LogP contribution < -0.4 is 21.3 Å². The topological polar surface area (TPSA) is 120 Å². The number of carbonyl (C=O) groups is 3. The molecule has 126 valence electrons. The third-order valence-electron chi connectivity index (χ3n) is 3.39. The largest absolute Gasteiger partial charge is 0.465 e. The molecule has 0 saturated carbocycles. The highest BCUT2D eigenvalue weighted by molar-refractivity contribution is 5.90. The Morgan fingerprint density at radius 1 is 1.27 bits per heavy atom. The lowest BCUT2D eigenvalue weighted by Gasteiger charge is -2.21. The van der Waals surface area contributed by atoms with Gasteiger partial charge in [-0.3, -0.25) is 9.59 Å². The van der Waals surface area contributed by atoms with Crippen LogP contribution in [-0.4, -0.2) is 54.2 Å². The van der Waals surface area contributed by atoms with E-state index in [1.807, 2.05) is 13.8 Å². The molecule has 1 aliphatic rings. The van der Waals surface area contributed by atoms with Gasteiger partial charge in [-0.1, -0.05) is 0 Å². The summed E-state index contributed by atoms with van der Waals surface area (Å²) >= 11 is 0. The van der Waals surface area contributed by atoms with E-state index in [0.29, 0.717) is 12.8 Å². The van der Waals surface area contributed by atoms with Crippen molar-refractivity contribution in [2.75, 3.05) is 13.1 Å². The van der Waals surface area contributed by atoms with Crippen LogP contribution in [0.5, 0.6) is 0 Å². The molecule has 0 aromatic carbocycles. The van der Waals surface area contributed by atoms with Crippen molar-refractivity contribution in [2.24, 2.45) is 0 Å². The Bertz CT molecular complexity index is 394. The van der Waals surface area contributed by atoms with Gasteiger partial charge in [0, 0.05) is 12.6 Å². The molecule has 1 saturated heterocycles. The Hall–Kier alpha value is -1.83. The van der Waals surface area contributed by atoms with Gasteiger partial charge in [0.1, 0.15) is 6.04 Å². The maximum absolute atomic E-state index is 12.1. The molecule has 8 heteroatoms. The smallest absolute Gasteiger partial charge is 0.404 e. The molecular weight excluding hydrogens is 288 g/mol. The summed E-state index contributed by atoms with van der Waals surface area (Å²) in [6.45, 7) is 4.75. The van der Waals surface area contributed by atoms with Crippen LogP contribution >= 0.6 is 0 Å². The number of hydrogen-bond donors (Lipinski definition) is 5. The lowest BCUT2D eigenvalue weighted by Crippen LogP contribution is -2.52. The molecular formula is C14H26N4O4. The quantitative estimate of drug-likeness (QED) is 0.397. The summed E-state index contributed by atoms with van der Waals surface area (Å²) in [5.74, 6) is -0.413. The van der Waals surface area contributed by atoms with Crippen LogP contribution in [0.25, 0.3) is 0 Å². The first kappa shape index (κ1) is 18.2. The second-order valence-corrected chi connectivity index (χ2v) is 5.75. The van der Waals surface area contributed by atoms with E-state index in [1.54, 1.807) is 0 Å². The van der Waals surface area contributed by atoms with Crippen molar-refractivity contribution < 1.29 is 19.5 Å². The van der Waals surface area contributed by atoms with Gasteiger partial charge in [0.2, 0.25) is 11.8 Å². The van der Waals surface area contributed by atoms with Crippen molar-refractivity contribution in [1.82, 2.24) is 21.3 Å². The predicted octanol–water partition coefficient (Wildman–Crippen LogP) is -0.204. The fourth-order valence-corrected chi connectivity index (χ4v) is 2.34. The minimum atomic E-state index is -1.10. The molecule has 1 fully saturated rings. The Morgan fingerprint density at radius 2 is 2.00 bits per heavy atom. The summed E-state index contributed by atoms with van der Waals surface area (Å²) in [6, 6.07) is -0.909. The molecule has 0 radical (unpaired) electrons. The van der Waals surface area contributed by atoms with Crippen molar-refractivity contribution in [3.63, 3.8) is 0 Å². The Balaban J connectivity index is 2.50. The van der Waals surface area contributed by atoms with Gasteiger partial charge in [0.25, 0.3) is 0 Å². The molecule has 0 aromatic rings. The molecule has 2 unspecified atom stereocenters. The maximum Gasteiger partial charge on any atom is 0.404 e. The number of amides is 3. The summed E-state index contributed by atoms with van der Waals surface area (Å²) in [7, 11) is 0. The molecule has 1 rings (SSSR count). The Labute approximate surface area is 130 Å². The first-order chi connectivity index (χ1) is 10.4. The lowest BCUT2D eigenvalue weighted by molar-refractivity contribution is -0.130. The number of rotatable bonds is 8. The van der Waals surface area contributed by atoms with Crippen LogP contribution in [0.4, 0.5) is 4.79 Å². The number of carbonyl (C=O) groups excluding carboxylic acids is 2. The van der Waals surface area contributed by atoms with Gasteiger partial charge in [-0.2, -0.15) is 0 Å². The molecule has 0 spiro atoms. The standard InChI is InChI=1S/C14H26N4O4/c1-9(2)17-13(20)11(6-4-8-16-14(21)22)18-12(19)10-5-3-7-15-10/h9-11,15-16H,3-8H2,1-2H3,(H,17,20)(H,18,19)(H,21,22). The van der Waals surface area contributed by atoms with E-state index in [1.165, 1.54) is 0 Å². The highest BCUT2D eigenvalue weighted by atomic mass is 16.4. The second kappa shape index (κ2) is 9.24. The second-order valence-electron chi connectivity index (χ2n) is 5.75. The summed E-state index contributed by atoms with van der Waals surface area (Å²) in [4.78, 5) is 34.7. The Kier molecular flexibility index (Phi) is 7.65. The minimum Gasteiger partial charge on any atom is -0.465 e. The molecule has 1 aliphatic heterocycles. The van der Waals surface area contributed by atoms with Crippen molar-refractivity contribution in [3.05, 3.63) is 0 Å². The van der Waals surface area contributed by atoms with E-state index in [9.17, 15) is 14.4 Å². The van der Waals surface area contributed by atoms with E-state index in [0.717, 1.165) is 19.4 Å². The molecule has 0 aliphatic carbocycles. The van der Waals surface area contributed by atoms with E-state index in [4.69, 9.17) is 5.11 Å². The molecule has 1 heterocycles. The van der Waals surface area contributed by atoms with Gasteiger partial charge in [-0.05, 0) is 46.1 Å². The third-order valence-corrected chi connectivity index (χ3v) is 3.39. The van der Waals surface area contributed by atoms with Gasteiger partial charge in [0.05, 0.1) is 6.04 Å². The summed E-state index contributed by atoms with van der Waals surface area (Å²) in [6.07, 6.45) is 1.48. The zero-order chi connectivity index (χ0) is 16.5. The number of hydrogen-bond acceptors (Lipinski definition) is 4. The van der Waals surface area contributed by atoms with E-state index in [-0.39, 0.29) is 30.4 Å². The summed E-state index contributed by atoms with van der Waals surface area (Å²) < 4.78 is 0. The molecule has 2 atom stereocenters. The summed E-state index contributed by atoms with van der Waals surface area (Å²) in [5.41, 5.74) is 0. The van der Waals surface area contributed by atoms with Crippen LogP contribution in [0, 0.1) is 0 Å². The van der Waals surface area contributed by atoms with E-state index >= 15 is 0 Å². The first-order valence-corrected chi connectivity index (χ1v) is 7.71. The lowest BCUT2D eigenvalue weighted by atomic mass is 10.1. The van der Waals surface area contributed by atoms with Crippen LogP contribution in [-0.2, 0) is 9.59 Å². The average Bonchev–Trinajstić information content (AvgIpc) is 2.94. The van der Waals surface area contributed by atoms with Gasteiger partial charge in [-0.15, -0.1) is 0 Å². The van der Waals surface area contributed by atoms with E-state index in [2.05, 4.69) is 21.3 Å². The summed E-state index contributed by atoms with van der Waals surface area (Å²) in [5, 5.41) is 19.4. The zero-order valence-electron chi connectivity index (χ0n) is 13.1. The molecule has 0 aromatic heterocycles. The van der Waals surface area contributed by atoms with Crippen molar-refractivity contribution in [2.45, 2.75) is 57.7 Å². The van der Waals surface area contributed by atoms with Gasteiger partial charge in [-0.25, -0.2) is 4.79 Å². The highest BCUT2D eigenvalue weighted by Crippen LogP contribution is 2.06. The first-order valence-electron chi connectivity index (χ1n) is 7.71. The SMILES string of the molecule is CC(C)NC(=O)C(CCCNC(=O)O)NC(=O)C1CCCN1. The molecule has 0 bridgehead atoms. The molecule has 22 heavy (non-hydrogen) atoms.